The van der Waals surface area contributed by atoms with Gasteiger partial charge in [0, 0.05) is 29.1 Å². The Morgan fingerprint density at radius 1 is 0.921 bits per heavy atom. The molecular formula is C34H34N2O2. The van der Waals surface area contributed by atoms with Gasteiger partial charge in [0.2, 0.25) is 0 Å². The summed E-state index contributed by atoms with van der Waals surface area (Å²) < 4.78 is 12.9. The second-order valence-electron chi connectivity index (χ2n) is 11.0. The summed E-state index contributed by atoms with van der Waals surface area (Å²) in [6.45, 7) is 4.66. The molecule has 1 aromatic heterocycles. The van der Waals surface area contributed by atoms with E-state index in [4.69, 9.17) is 14.5 Å². The molecule has 3 saturated heterocycles. The number of nitrogens with zero attached hydrogens (tertiary/aromatic N) is 2. The van der Waals surface area contributed by atoms with E-state index in [0.29, 0.717) is 6.04 Å². The van der Waals surface area contributed by atoms with Gasteiger partial charge in [0.25, 0.3) is 0 Å². The molecule has 4 nitrogen and oxygen atoms in total. The van der Waals surface area contributed by atoms with Crippen molar-refractivity contribution in [2.75, 3.05) is 20.2 Å². The summed E-state index contributed by atoms with van der Waals surface area (Å²) in [7, 11) is 1.73. The fourth-order valence-electron chi connectivity index (χ4n) is 7.08. The standard InChI is InChI=1S/C34H34N2O2/c1-3-22-21-36-17-15-23(22)18-32(36)34(29-14-16-35-31-13-12-25(37-2)20-30(29)31)38-33-19-24-8-4-5-9-26(24)27-10-6-7-11-28(27)33/h4-14,16,19-20,22-23,32,34H,3,15,17-18,21H2,1-2H3/t22-,23+,32-,34+/m1/s1. The number of benzene rings is 4. The second kappa shape index (κ2) is 9.59. The maximum absolute atomic E-state index is 7.25. The van der Waals surface area contributed by atoms with Crippen molar-refractivity contribution in [3.63, 3.8) is 0 Å². The maximum Gasteiger partial charge on any atom is 0.140 e. The number of methoxy groups -OCH3 is 1. The van der Waals surface area contributed by atoms with E-state index in [2.05, 4.69) is 84.6 Å². The van der Waals surface area contributed by atoms with Crippen molar-refractivity contribution in [3.8, 4) is 11.5 Å². The van der Waals surface area contributed by atoms with E-state index in [9.17, 15) is 0 Å². The van der Waals surface area contributed by atoms with Crippen molar-refractivity contribution in [3.05, 3.63) is 90.6 Å². The first kappa shape index (κ1) is 23.5. The molecular weight excluding hydrogens is 468 g/mol. The van der Waals surface area contributed by atoms with Crippen LogP contribution in [0.3, 0.4) is 0 Å². The molecule has 0 spiro atoms. The number of pyridine rings is 1. The maximum atomic E-state index is 7.25. The number of aromatic nitrogens is 1. The van der Waals surface area contributed by atoms with Gasteiger partial charge >= 0.3 is 0 Å². The molecule has 192 valence electrons. The SMILES string of the molecule is CC[C@@H]1CN2CC[C@H]1C[C@@H]2[C@@H](Oc1cc2ccccc2c2ccccc12)c1ccnc2ccc(OC)cc12. The van der Waals surface area contributed by atoms with Crippen LogP contribution in [0.2, 0.25) is 0 Å². The third kappa shape index (κ3) is 3.90. The van der Waals surface area contributed by atoms with Gasteiger partial charge in [0.05, 0.1) is 18.7 Å². The molecule has 1 unspecified atom stereocenters. The van der Waals surface area contributed by atoms with E-state index >= 15 is 0 Å². The van der Waals surface area contributed by atoms with Crippen LogP contribution in [0.4, 0.5) is 0 Å². The van der Waals surface area contributed by atoms with Gasteiger partial charge in [-0.1, -0.05) is 61.9 Å². The number of hydrogen-bond donors (Lipinski definition) is 0. The summed E-state index contributed by atoms with van der Waals surface area (Å²) >= 11 is 0. The Bertz CT molecular complexity index is 1630. The van der Waals surface area contributed by atoms with E-state index < -0.39 is 0 Å². The van der Waals surface area contributed by atoms with E-state index in [0.717, 1.165) is 52.7 Å². The third-order valence-corrected chi connectivity index (χ3v) is 9.08. The minimum atomic E-state index is -0.113. The van der Waals surface area contributed by atoms with E-state index in [1.165, 1.54) is 41.0 Å². The molecule has 0 amide bonds. The lowest BCUT2D eigenvalue weighted by Crippen LogP contribution is -2.56. The van der Waals surface area contributed by atoms with Crippen LogP contribution in [-0.2, 0) is 0 Å². The second-order valence-corrected chi connectivity index (χ2v) is 11.0. The molecule has 4 aromatic carbocycles. The van der Waals surface area contributed by atoms with Crippen molar-refractivity contribution in [1.82, 2.24) is 9.88 Å². The molecule has 0 aliphatic carbocycles. The predicted octanol–water partition coefficient (Wildman–Crippen LogP) is 7.79. The van der Waals surface area contributed by atoms with Gasteiger partial charge in [-0.25, -0.2) is 0 Å². The Kier molecular flexibility index (Phi) is 5.93. The van der Waals surface area contributed by atoms with Gasteiger partial charge < -0.3 is 9.47 Å². The highest BCUT2D eigenvalue weighted by Gasteiger charge is 2.44. The average Bonchev–Trinajstić information content (AvgIpc) is 2.99. The van der Waals surface area contributed by atoms with Crippen LogP contribution in [0.1, 0.15) is 37.9 Å². The number of rotatable bonds is 6. The predicted molar refractivity (Wildman–Crippen MR) is 155 cm³/mol. The number of fused-ring (bicyclic) bond motifs is 7. The fraction of sp³-hybridized carbons (Fsp3) is 0.324. The lowest BCUT2D eigenvalue weighted by molar-refractivity contribution is -0.0480. The summed E-state index contributed by atoms with van der Waals surface area (Å²) in [5.41, 5.74) is 2.17. The molecule has 5 atom stereocenters. The highest BCUT2D eigenvalue weighted by Crippen LogP contribution is 2.45. The number of piperidine rings is 3. The molecule has 0 N–H and O–H groups in total. The lowest BCUT2D eigenvalue weighted by Gasteiger charge is -2.52. The molecule has 4 heterocycles. The van der Waals surface area contributed by atoms with Crippen molar-refractivity contribution in [2.24, 2.45) is 11.8 Å². The van der Waals surface area contributed by atoms with Crippen molar-refractivity contribution < 1.29 is 9.47 Å². The topological polar surface area (TPSA) is 34.6 Å². The minimum absolute atomic E-state index is 0.113. The number of hydrogen-bond acceptors (Lipinski definition) is 4. The Morgan fingerprint density at radius 2 is 1.74 bits per heavy atom. The molecule has 3 aliphatic heterocycles. The first-order valence-electron chi connectivity index (χ1n) is 14.0. The largest absolute Gasteiger partial charge is 0.497 e. The Hall–Kier alpha value is -3.63. The number of ether oxygens (including phenoxy) is 2. The van der Waals surface area contributed by atoms with Crippen LogP contribution in [0.25, 0.3) is 32.4 Å². The summed E-state index contributed by atoms with van der Waals surface area (Å²) in [6.07, 6.45) is 5.54. The molecule has 8 rings (SSSR count). The van der Waals surface area contributed by atoms with Crippen molar-refractivity contribution in [2.45, 2.75) is 38.3 Å². The molecule has 5 aromatic rings. The summed E-state index contributed by atoms with van der Waals surface area (Å²) in [6, 6.07) is 28.2. The molecule has 2 bridgehead atoms. The zero-order chi connectivity index (χ0) is 25.6. The molecule has 0 saturated carbocycles. The van der Waals surface area contributed by atoms with E-state index in [1.54, 1.807) is 7.11 Å². The minimum Gasteiger partial charge on any atom is -0.497 e. The van der Waals surface area contributed by atoms with Gasteiger partial charge in [0.1, 0.15) is 17.6 Å². The highest BCUT2D eigenvalue weighted by molar-refractivity contribution is 6.10. The first-order chi connectivity index (χ1) is 18.7. The summed E-state index contributed by atoms with van der Waals surface area (Å²) in [4.78, 5) is 7.39. The lowest BCUT2D eigenvalue weighted by atomic mass is 9.72. The van der Waals surface area contributed by atoms with Gasteiger partial charge in [-0.05, 0) is 77.7 Å². The molecule has 3 aliphatic rings. The average molecular weight is 503 g/mol. The highest BCUT2D eigenvalue weighted by atomic mass is 16.5. The Morgan fingerprint density at radius 3 is 2.53 bits per heavy atom. The van der Waals surface area contributed by atoms with Crippen LogP contribution in [-0.4, -0.2) is 36.1 Å². The first-order valence-corrected chi connectivity index (χ1v) is 14.0. The van der Waals surface area contributed by atoms with Crippen LogP contribution in [0.15, 0.2) is 85.1 Å². The van der Waals surface area contributed by atoms with Crippen molar-refractivity contribution >= 4 is 32.4 Å². The summed E-state index contributed by atoms with van der Waals surface area (Å²) in [5.74, 6) is 3.35. The zero-order valence-electron chi connectivity index (χ0n) is 22.1. The Labute approximate surface area is 224 Å². The summed E-state index contributed by atoms with van der Waals surface area (Å²) in [5, 5.41) is 5.97. The monoisotopic (exact) mass is 502 g/mol. The van der Waals surface area contributed by atoms with Crippen LogP contribution in [0.5, 0.6) is 11.5 Å². The van der Waals surface area contributed by atoms with Gasteiger partial charge in [-0.2, -0.15) is 0 Å². The van der Waals surface area contributed by atoms with Crippen LogP contribution >= 0.6 is 0 Å². The molecule has 3 fully saturated rings. The molecule has 38 heavy (non-hydrogen) atoms. The quantitative estimate of drug-likeness (QED) is 0.222. The van der Waals surface area contributed by atoms with Crippen LogP contribution in [0, 0.1) is 11.8 Å². The van der Waals surface area contributed by atoms with Gasteiger partial charge in [-0.3, -0.25) is 9.88 Å². The van der Waals surface area contributed by atoms with E-state index in [-0.39, 0.29) is 6.10 Å². The van der Waals surface area contributed by atoms with E-state index in [1.807, 2.05) is 12.3 Å². The van der Waals surface area contributed by atoms with Crippen LogP contribution < -0.4 is 9.47 Å². The van der Waals surface area contributed by atoms with Gasteiger partial charge in [-0.15, -0.1) is 0 Å². The molecule has 4 heteroatoms. The zero-order valence-corrected chi connectivity index (χ0v) is 22.1. The molecule has 0 radical (unpaired) electrons. The normalized spacial score (nSPS) is 23.6. The fourth-order valence-corrected chi connectivity index (χ4v) is 7.08. The van der Waals surface area contributed by atoms with Crippen molar-refractivity contribution in [1.29, 1.82) is 0 Å². The van der Waals surface area contributed by atoms with Gasteiger partial charge in [0.15, 0.2) is 0 Å². The Balaban J connectivity index is 1.41. The third-order valence-electron chi connectivity index (χ3n) is 9.08. The smallest absolute Gasteiger partial charge is 0.140 e.